The quantitative estimate of drug-likeness (QED) is 0.248. The summed E-state index contributed by atoms with van der Waals surface area (Å²) in [4.78, 5) is 28.7. The molecule has 2 saturated heterocycles. The minimum atomic E-state index is -0.932. The second-order valence-electron chi connectivity index (χ2n) is 9.98. The molecule has 3 aliphatic rings. The highest BCUT2D eigenvalue weighted by Gasteiger charge is 2.33. The van der Waals surface area contributed by atoms with Gasteiger partial charge in [-0.25, -0.2) is 0 Å². The lowest BCUT2D eigenvalue weighted by Gasteiger charge is -2.39. The van der Waals surface area contributed by atoms with E-state index in [1.54, 1.807) is 0 Å². The largest absolute Gasteiger partial charge is 0.481 e. The van der Waals surface area contributed by atoms with Gasteiger partial charge in [-0.2, -0.15) is 0 Å². The van der Waals surface area contributed by atoms with E-state index >= 15 is 0 Å². The number of nitrogens with zero attached hydrogens (tertiary/aromatic N) is 2. The van der Waals surface area contributed by atoms with Crippen LogP contribution >= 0.6 is 24.8 Å². The number of hydrogen-bond donors (Lipinski definition) is 4. The lowest BCUT2D eigenvalue weighted by atomic mass is 9.89. The Balaban J connectivity index is 0.00000306. The van der Waals surface area contributed by atoms with E-state index < -0.39 is 12.0 Å². The first-order chi connectivity index (χ1) is 15.9. The smallest absolute Gasteiger partial charge is 0.305 e. The standard InChI is InChI=1S/C24H43N5O4.2ClH/c25-24(26)28-13-9-20(10-14-28)33-15-11-19-8-4-5-12-29(19)23(32)21(16-22(30)31)27-17-18-6-2-1-3-7-18;;/h18-21,27H,1-17H2,(H3,25,26)(H,30,31);2*1H/t19-,21+;;/m1../s1. The number of hydrogen-bond acceptors (Lipinski definition) is 5. The van der Waals surface area contributed by atoms with Crippen LogP contribution in [0, 0.1) is 11.3 Å². The Morgan fingerprint density at radius 1 is 1.00 bits per heavy atom. The van der Waals surface area contributed by atoms with Gasteiger partial charge in [0.1, 0.15) is 0 Å². The van der Waals surface area contributed by atoms with Crippen LogP contribution in [-0.4, -0.2) is 83.7 Å². The molecule has 1 saturated carbocycles. The Bertz CT molecular complexity index is 658. The molecule has 1 aliphatic carbocycles. The van der Waals surface area contributed by atoms with Crippen LogP contribution in [-0.2, 0) is 14.3 Å². The average Bonchev–Trinajstić information content (AvgIpc) is 2.82. The van der Waals surface area contributed by atoms with E-state index in [1.807, 2.05) is 9.80 Å². The number of nitrogens with one attached hydrogen (secondary N) is 2. The molecular weight excluding hydrogens is 493 g/mol. The topological polar surface area (TPSA) is 132 Å². The van der Waals surface area contributed by atoms with Crippen molar-refractivity contribution in [3.05, 3.63) is 0 Å². The number of halogens is 2. The van der Waals surface area contributed by atoms with Gasteiger partial charge in [0.2, 0.25) is 5.91 Å². The highest BCUT2D eigenvalue weighted by atomic mass is 35.5. The van der Waals surface area contributed by atoms with Gasteiger partial charge in [0.15, 0.2) is 5.96 Å². The average molecular weight is 539 g/mol. The number of aliphatic carboxylic acids is 1. The summed E-state index contributed by atoms with van der Waals surface area (Å²) in [6, 6.07) is -0.543. The molecule has 0 aromatic carbocycles. The molecule has 3 fully saturated rings. The maximum atomic E-state index is 13.4. The Morgan fingerprint density at radius 3 is 2.29 bits per heavy atom. The predicted octanol–water partition coefficient (Wildman–Crippen LogP) is 2.99. The molecule has 0 spiro atoms. The maximum absolute atomic E-state index is 13.4. The Morgan fingerprint density at radius 2 is 1.66 bits per heavy atom. The number of carbonyl (C=O) groups is 2. The first-order valence-corrected chi connectivity index (χ1v) is 12.9. The van der Waals surface area contributed by atoms with E-state index in [0.717, 1.165) is 71.0 Å². The molecule has 0 unspecified atom stereocenters. The highest BCUT2D eigenvalue weighted by Crippen LogP contribution is 2.25. The van der Waals surface area contributed by atoms with E-state index in [1.165, 1.54) is 19.3 Å². The van der Waals surface area contributed by atoms with Crippen LogP contribution in [0.15, 0.2) is 0 Å². The summed E-state index contributed by atoms with van der Waals surface area (Å²) in [5, 5.41) is 20.3. The zero-order valence-electron chi connectivity index (χ0n) is 20.8. The number of piperidine rings is 2. The molecule has 11 heteroatoms. The number of ether oxygens (including phenoxy) is 1. The second-order valence-corrected chi connectivity index (χ2v) is 9.98. The van der Waals surface area contributed by atoms with Crippen LogP contribution in [0.25, 0.3) is 0 Å². The number of nitrogens with two attached hydrogens (primary N) is 1. The van der Waals surface area contributed by atoms with Crippen molar-refractivity contribution < 1.29 is 19.4 Å². The Hall–Kier alpha value is -1.29. The third kappa shape index (κ3) is 10.3. The summed E-state index contributed by atoms with van der Waals surface area (Å²) in [6.07, 6.45) is 11.6. The van der Waals surface area contributed by atoms with Crippen molar-refractivity contribution in [2.24, 2.45) is 11.7 Å². The summed E-state index contributed by atoms with van der Waals surface area (Å²) in [6.45, 7) is 3.51. The van der Waals surface area contributed by atoms with E-state index in [-0.39, 0.29) is 55.2 Å². The minimum Gasteiger partial charge on any atom is -0.481 e. The van der Waals surface area contributed by atoms with Gasteiger partial charge in [-0.15, -0.1) is 24.8 Å². The number of carboxylic acids is 1. The molecule has 9 nitrogen and oxygen atoms in total. The second kappa shape index (κ2) is 16.5. The number of carbonyl (C=O) groups excluding carboxylic acids is 1. The van der Waals surface area contributed by atoms with Crippen molar-refractivity contribution in [2.75, 3.05) is 32.8 Å². The van der Waals surface area contributed by atoms with Crippen molar-refractivity contribution in [3.8, 4) is 0 Å². The monoisotopic (exact) mass is 537 g/mol. The van der Waals surface area contributed by atoms with Crippen molar-refractivity contribution in [2.45, 2.75) is 95.2 Å². The number of likely N-dealkylation sites (tertiary alicyclic amines) is 2. The van der Waals surface area contributed by atoms with Crippen molar-refractivity contribution in [3.63, 3.8) is 0 Å². The van der Waals surface area contributed by atoms with E-state index in [2.05, 4.69) is 5.32 Å². The third-order valence-corrected chi connectivity index (χ3v) is 7.55. The Labute approximate surface area is 222 Å². The van der Waals surface area contributed by atoms with Gasteiger partial charge in [0.25, 0.3) is 0 Å². The minimum absolute atomic E-state index is 0. The van der Waals surface area contributed by atoms with Crippen LogP contribution in [0.2, 0.25) is 0 Å². The fraction of sp³-hybridized carbons (Fsp3) is 0.875. The molecule has 3 rings (SSSR count). The van der Waals surface area contributed by atoms with Crippen LogP contribution in [0.4, 0.5) is 0 Å². The SMILES string of the molecule is Cl.Cl.N=C(N)N1CCC(OCC[C@H]2CCCCN2C(=O)[C@H](CC(=O)O)NCC2CCCCC2)CC1. The van der Waals surface area contributed by atoms with Crippen molar-refractivity contribution in [1.82, 2.24) is 15.1 Å². The Kier molecular flexibility index (Phi) is 14.9. The number of guanidine groups is 1. The van der Waals surface area contributed by atoms with Gasteiger partial charge in [0.05, 0.1) is 18.6 Å². The number of rotatable bonds is 10. The molecular formula is C24H45Cl2N5O4. The zero-order chi connectivity index (χ0) is 23.6. The molecule has 2 atom stereocenters. The summed E-state index contributed by atoms with van der Waals surface area (Å²) in [7, 11) is 0. The van der Waals surface area contributed by atoms with Gasteiger partial charge < -0.3 is 30.7 Å². The van der Waals surface area contributed by atoms with Crippen LogP contribution in [0.5, 0.6) is 0 Å². The van der Waals surface area contributed by atoms with E-state index in [0.29, 0.717) is 19.1 Å². The summed E-state index contributed by atoms with van der Waals surface area (Å²) in [5.41, 5.74) is 5.56. The van der Waals surface area contributed by atoms with Crippen LogP contribution < -0.4 is 11.1 Å². The predicted molar refractivity (Wildman–Crippen MR) is 142 cm³/mol. The van der Waals surface area contributed by atoms with Gasteiger partial charge in [0, 0.05) is 32.3 Å². The molecule has 204 valence electrons. The molecule has 1 amide bonds. The molecule has 5 N–H and O–H groups in total. The third-order valence-electron chi connectivity index (χ3n) is 7.55. The summed E-state index contributed by atoms with van der Waals surface area (Å²) >= 11 is 0. The first kappa shape index (κ1) is 31.7. The van der Waals surface area contributed by atoms with Gasteiger partial charge >= 0.3 is 5.97 Å². The van der Waals surface area contributed by atoms with Crippen molar-refractivity contribution >= 4 is 42.7 Å². The van der Waals surface area contributed by atoms with E-state index in [9.17, 15) is 14.7 Å². The van der Waals surface area contributed by atoms with Crippen molar-refractivity contribution in [1.29, 1.82) is 5.41 Å². The summed E-state index contributed by atoms with van der Waals surface area (Å²) < 4.78 is 6.11. The highest BCUT2D eigenvalue weighted by molar-refractivity contribution is 5.86. The van der Waals surface area contributed by atoms with Crippen LogP contribution in [0.3, 0.4) is 0 Å². The molecule has 35 heavy (non-hydrogen) atoms. The molecule has 2 aliphatic heterocycles. The summed E-state index contributed by atoms with van der Waals surface area (Å²) in [5.74, 6) is -0.327. The first-order valence-electron chi connectivity index (χ1n) is 12.9. The fourth-order valence-corrected chi connectivity index (χ4v) is 5.55. The fourth-order valence-electron chi connectivity index (χ4n) is 5.55. The molecule has 0 aromatic rings. The molecule has 0 aromatic heterocycles. The lowest BCUT2D eigenvalue weighted by Crippen LogP contribution is -2.53. The molecule has 0 bridgehead atoms. The molecule has 2 heterocycles. The van der Waals surface area contributed by atoms with E-state index in [4.69, 9.17) is 15.9 Å². The maximum Gasteiger partial charge on any atom is 0.305 e. The zero-order valence-corrected chi connectivity index (χ0v) is 22.4. The normalized spacial score (nSPS) is 22.6. The number of carboxylic acid groups (broad SMARTS) is 1. The molecule has 0 radical (unpaired) electrons. The van der Waals surface area contributed by atoms with Gasteiger partial charge in [-0.1, -0.05) is 19.3 Å². The van der Waals surface area contributed by atoms with Gasteiger partial charge in [-0.3, -0.25) is 15.0 Å². The van der Waals surface area contributed by atoms with Gasteiger partial charge in [-0.05, 0) is 63.8 Å². The number of amides is 1. The lowest BCUT2D eigenvalue weighted by molar-refractivity contribution is -0.144. The van der Waals surface area contributed by atoms with Crippen LogP contribution in [0.1, 0.15) is 77.0 Å².